The van der Waals surface area contributed by atoms with Gasteiger partial charge in [0.2, 0.25) is 0 Å². The second-order valence-corrected chi connectivity index (χ2v) is 14.9. The third-order valence-electron chi connectivity index (χ3n) is 7.78. The molecule has 32 heavy (non-hydrogen) atoms. The first-order valence-electron chi connectivity index (χ1n) is 12.9. The van der Waals surface area contributed by atoms with E-state index in [2.05, 4.69) is 73.1 Å². The largest absolute Gasteiger partial charge is 0.112 e. The van der Waals surface area contributed by atoms with Crippen LogP contribution in [-0.4, -0.2) is 17.6 Å². The number of benzene rings is 2. The summed E-state index contributed by atoms with van der Waals surface area (Å²) >= 11 is 0. The first-order chi connectivity index (χ1) is 15.8. The van der Waals surface area contributed by atoms with Crippen LogP contribution in [0.15, 0.2) is 73.1 Å². The Labute approximate surface area is 200 Å². The lowest BCUT2D eigenvalue weighted by Crippen LogP contribution is -2.31. The highest BCUT2D eigenvalue weighted by Crippen LogP contribution is 2.29. The highest BCUT2D eigenvalue weighted by Gasteiger charge is 2.21. The lowest BCUT2D eigenvalue weighted by atomic mass is 9.91. The lowest BCUT2D eigenvalue weighted by molar-refractivity contribution is 0.384. The Morgan fingerprint density at radius 2 is 1.16 bits per heavy atom. The molecule has 0 N–H and O–H groups in total. The fourth-order valence-electron chi connectivity index (χ4n) is 5.82. The summed E-state index contributed by atoms with van der Waals surface area (Å²) in [5, 5.41) is 3.06. The lowest BCUT2D eigenvalue weighted by Gasteiger charge is -2.24. The maximum Gasteiger partial charge on any atom is 0.112 e. The summed E-state index contributed by atoms with van der Waals surface area (Å²) in [6.45, 7) is 8.44. The zero-order valence-corrected chi connectivity index (χ0v) is 21.8. The molecule has 0 nitrogen and oxygen atoms in total. The highest BCUT2D eigenvalue weighted by molar-refractivity contribution is 6.78. The monoisotopic (exact) mass is 456 g/mol. The second-order valence-electron chi connectivity index (χ2n) is 10.0. The van der Waals surface area contributed by atoms with E-state index in [1.54, 1.807) is 0 Å². The molecule has 2 aromatic rings. The van der Waals surface area contributed by atoms with Gasteiger partial charge in [0.25, 0.3) is 0 Å². The van der Waals surface area contributed by atoms with Gasteiger partial charge in [-0.1, -0.05) is 135 Å². The van der Waals surface area contributed by atoms with Crippen LogP contribution in [0.3, 0.4) is 0 Å². The molecule has 0 aromatic heterocycles. The molecule has 0 aliphatic heterocycles. The van der Waals surface area contributed by atoms with Crippen molar-refractivity contribution in [1.29, 1.82) is 0 Å². The second kappa shape index (κ2) is 12.0. The minimum atomic E-state index is -0.675. The van der Waals surface area contributed by atoms with Gasteiger partial charge >= 0.3 is 0 Å². The van der Waals surface area contributed by atoms with Gasteiger partial charge in [0.1, 0.15) is 17.6 Å². The van der Waals surface area contributed by atoms with Crippen molar-refractivity contribution in [2.24, 2.45) is 11.8 Å². The predicted molar refractivity (Wildman–Crippen MR) is 146 cm³/mol. The zero-order valence-electron chi connectivity index (χ0n) is 19.8. The van der Waals surface area contributed by atoms with Crippen LogP contribution in [0.2, 0.25) is 12.1 Å². The average Bonchev–Trinajstić information content (AvgIpc) is 2.87. The predicted octanol–water partition coefficient (Wildman–Crippen LogP) is 7.37. The van der Waals surface area contributed by atoms with E-state index in [1.165, 1.54) is 97.8 Å². The maximum absolute atomic E-state index is 4.23. The molecule has 2 radical (unpaired) electrons. The van der Waals surface area contributed by atoms with Crippen LogP contribution in [0.1, 0.15) is 64.2 Å². The molecule has 0 unspecified atom stereocenters. The molecule has 2 saturated carbocycles. The van der Waals surface area contributed by atoms with Crippen LogP contribution >= 0.6 is 0 Å². The molecule has 168 valence electrons. The van der Waals surface area contributed by atoms with Gasteiger partial charge in [0, 0.05) is 0 Å². The van der Waals surface area contributed by atoms with E-state index in [0.717, 1.165) is 11.8 Å². The first kappa shape index (κ1) is 23.5. The summed E-state index contributed by atoms with van der Waals surface area (Å²) in [7, 11) is -1.32. The fourth-order valence-corrected chi connectivity index (χ4v) is 10.4. The van der Waals surface area contributed by atoms with Crippen molar-refractivity contribution < 1.29 is 0 Å². The normalized spacial score (nSPS) is 18.2. The minimum absolute atomic E-state index is 0.644. The Balaban J connectivity index is 1.45. The summed E-state index contributed by atoms with van der Waals surface area (Å²) in [6, 6.07) is 21.6. The molecule has 0 bridgehead atoms. The van der Waals surface area contributed by atoms with Gasteiger partial charge < -0.3 is 0 Å². The zero-order chi connectivity index (χ0) is 22.2. The van der Waals surface area contributed by atoms with E-state index >= 15 is 0 Å². The van der Waals surface area contributed by atoms with Crippen LogP contribution in [0.4, 0.5) is 0 Å². The topological polar surface area (TPSA) is 0 Å². The van der Waals surface area contributed by atoms with Gasteiger partial charge in [-0.05, 0) is 35.1 Å². The van der Waals surface area contributed by atoms with Gasteiger partial charge in [-0.3, -0.25) is 0 Å². The van der Waals surface area contributed by atoms with Crippen molar-refractivity contribution in [3.8, 4) is 11.1 Å². The molecule has 0 atom stereocenters. The third-order valence-corrected chi connectivity index (χ3v) is 12.9. The Bertz CT molecular complexity index is 857. The van der Waals surface area contributed by atoms with Crippen LogP contribution in [0.25, 0.3) is 11.1 Å². The van der Waals surface area contributed by atoms with Crippen molar-refractivity contribution in [3.05, 3.63) is 73.1 Å². The minimum Gasteiger partial charge on any atom is -0.107 e. The molecule has 0 saturated heterocycles. The molecular weight excluding hydrogens is 417 g/mol. The number of hydrogen-bond donors (Lipinski definition) is 0. The summed E-state index contributed by atoms with van der Waals surface area (Å²) in [4.78, 5) is 0. The first-order valence-corrected chi connectivity index (χ1v) is 16.5. The summed E-state index contributed by atoms with van der Waals surface area (Å²) < 4.78 is 0. The molecule has 4 rings (SSSR count). The third kappa shape index (κ3) is 6.23. The average molecular weight is 457 g/mol. The number of rotatable bonds is 9. The van der Waals surface area contributed by atoms with Crippen molar-refractivity contribution in [2.45, 2.75) is 76.3 Å². The van der Waals surface area contributed by atoms with Crippen molar-refractivity contribution in [3.63, 3.8) is 0 Å². The van der Waals surface area contributed by atoms with Gasteiger partial charge in [-0.15, -0.1) is 13.2 Å². The summed E-state index contributed by atoms with van der Waals surface area (Å²) in [5.41, 5.74) is 7.27. The molecule has 2 fully saturated rings. The molecule has 2 aliphatic rings. The molecule has 2 aromatic carbocycles. The van der Waals surface area contributed by atoms with Crippen molar-refractivity contribution >= 4 is 28.0 Å². The summed E-state index contributed by atoms with van der Waals surface area (Å²) in [6.07, 6.45) is 14.3. The maximum atomic E-state index is 4.23. The van der Waals surface area contributed by atoms with Gasteiger partial charge in [0.15, 0.2) is 0 Å². The Morgan fingerprint density at radius 3 is 1.69 bits per heavy atom. The quantitative estimate of drug-likeness (QED) is 0.346. The standard InChI is InChI=1S/C30H40Si2/c1-3-31(23-25-12-7-5-8-13-25)29-20-18-27(19-21-29)28-16-11-17-30(22-28)32(4-2)24-26-14-9-6-10-15-26/h3-4,11,16-22,25-26H,1-2,5-10,12-15,23-24H2. The number of hydrogen-bond acceptors (Lipinski definition) is 0. The van der Waals surface area contributed by atoms with Crippen LogP contribution < -0.4 is 10.4 Å². The molecule has 0 amide bonds. The Morgan fingerprint density at radius 1 is 0.625 bits per heavy atom. The fraction of sp³-hybridized carbons (Fsp3) is 0.467. The Hall–Kier alpha value is -1.65. The molecular formula is C30H40Si2. The van der Waals surface area contributed by atoms with E-state index in [4.69, 9.17) is 0 Å². The summed E-state index contributed by atoms with van der Waals surface area (Å²) in [5.74, 6) is 1.85. The van der Waals surface area contributed by atoms with Crippen LogP contribution in [-0.2, 0) is 0 Å². The van der Waals surface area contributed by atoms with E-state index in [-0.39, 0.29) is 0 Å². The van der Waals surface area contributed by atoms with E-state index in [9.17, 15) is 0 Å². The van der Waals surface area contributed by atoms with Gasteiger partial charge in [0.05, 0.1) is 0 Å². The molecule has 2 aliphatic carbocycles. The van der Waals surface area contributed by atoms with Crippen LogP contribution in [0, 0.1) is 11.8 Å². The van der Waals surface area contributed by atoms with Gasteiger partial charge in [-0.25, -0.2) is 0 Å². The van der Waals surface area contributed by atoms with Crippen LogP contribution in [0.5, 0.6) is 0 Å². The smallest absolute Gasteiger partial charge is 0.107 e. The highest BCUT2D eigenvalue weighted by atomic mass is 28.3. The molecule has 0 spiro atoms. The van der Waals surface area contributed by atoms with E-state index < -0.39 is 17.6 Å². The molecule has 2 heteroatoms. The van der Waals surface area contributed by atoms with E-state index in [1.807, 2.05) is 0 Å². The van der Waals surface area contributed by atoms with Crippen molar-refractivity contribution in [2.75, 3.05) is 0 Å². The SMILES string of the molecule is C=C[Si](CC1CCCCC1)c1ccc(-c2cccc([Si](C=C)CC3CCCCC3)c2)cc1. The Kier molecular flexibility index (Phi) is 8.81. The molecule has 0 heterocycles. The van der Waals surface area contributed by atoms with E-state index in [0.29, 0.717) is 0 Å². The van der Waals surface area contributed by atoms with Gasteiger partial charge in [-0.2, -0.15) is 0 Å². The van der Waals surface area contributed by atoms with Crippen molar-refractivity contribution in [1.82, 2.24) is 0 Å².